The van der Waals surface area contributed by atoms with Crippen molar-refractivity contribution in [1.29, 1.82) is 0 Å². The minimum Gasteiger partial charge on any atom is -0.381 e. The van der Waals surface area contributed by atoms with E-state index in [0.29, 0.717) is 19.0 Å². The third kappa shape index (κ3) is 11.1. The Kier molecular flexibility index (Phi) is 12.7. The standard InChI is InChI=1S/C16H28N4O2.HI/c1-5-7-17-16(18-8-6-9-21-12-13(2)3)19-11-15-10-14(4)22-20-15;/h5,10,13H,1,6-9,11-12H2,2-4H3,(H2,17,18,19);1H. The molecule has 0 aliphatic rings. The van der Waals surface area contributed by atoms with Crippen LogP contribution in [0.5, 0.6) is 0 Å². The van der Waals surface area contributed by atoms with E-state index >= 15 is 0 Å². The number of aromatic nitrogens is 1. The lowest BCUT2D eigenvalue weighted by Crippen LogP contribution is -2.38. The average Bonchev–Trinajstić information content (AvgIpc) is 2.90. The van der Waals surface area contributed by atoms with Crippen molar-refractivity contribution in [1.82, 2.24) is 15.8 Å². The summed E-state index contributed by atoms with van der Waals surface area (Å²) in [5, 5.41) is 10.4. The molecule has 23 heavy (non-hydrogen) atoms. The Morgan fingerprint density at radius 3 is 2.87 bits per heavy atom. The number of aryl methyl sites for hydroxylation is 1. The van der Waals surface area contributed by atoms with Crippen LogP contribution in [0.3, 0.4) is 0 Å². The third-order valence-electron chi connectivity index (χ3n) is 2.70. The molecule has 0 atom stereocenters. The average molecular weight is 436 g/mol. The van der Waals surface area contributed by atoms with E-state index in [2.05, 4.69) is 41.2 Å². The Morgan fingerprint density at radius 2 is 2.26 bits per heavy atom. The van der Waals surface area contributed by atoms with Crippen LogP contribution in [0.4, 0.5) is 0 Å². The van der Waals surface area contributed by atoms with Crippen LogP contribution in [-0.4, -0.2) is 37.4 Å². The van der Waals surface area contributed by atoms with Gasteiger partial charge in [0.1, 0.15) is 11.5 Å². The first-order valence-corrected chi connectivity index (χ1v) is 7.74. The Balaban J connectivity index is 0.00000484. The van der Waals surface area contributed by atoms with Crippen LogP contribution >= 0.6 is 24.0 Å². The van der Waals surface area contributed by atoms with Gasteiger partial charge in [-0.15, -0.1) is 30.6 Å². The summed E-state index contributed by atoms with van der Waals surface area (Å²) in [5.74, 6) is 2.11. The molecule has 0 aliphatic heterocycles. The maximum atomic E-state index is 5.55. The van der Waals surface area contributed by atoms with E-state index in [4.69, 9.17) is 9.26 Å². The first kappa shape index (κ1) is 21.9. The molecule has 0 amide bonds. The van der Waals surface area contributed by atoms with E-state index in [0.717, 1.165) is 43.6 Å². The van der Waals surface area contributed by atoms with Gasteiger partial charge in [0.15, 0.2) is 5.96 Å². The van der Waals surface area contributed by atoms with Crippen molar-refractivity contribution < 1.29 is 9.26 Å². The molecule has 0 bridgehead atoms. The van der Waals surface area contributed by atoms with Gasteiger partial charge in [-0.1, -0.05) is 25.1 Å². The van der Waals surface area contributed by atoms with Crippen molar-refractivity contribution in [3.63, 3.8) is 0 Å². The predicted octanol–water partition coefficient (Wildman–Crippen LogP) is 2.88. The molecule has 2 N–H and O–H groups in total. The van der Waals surface area contributed by atoms with Gasteiger partial charge in [0, 0.05) is 32.4 Å². The monoisotopic (exact) mass is 436 g/mol. The molecule has 1 rings (SSSR count). The number of rotatable bonds is 10. The number of guanidine groups is 1. The molecule has 0 saturated carbocycles. The first-order valence-electron chi connectivity index (χ1n) is 7.74. The second-order valence-electron chi connectivity index (χ2n) is 5.51. The first-order chi connectivity index (χ1) is 10.6. The van der Waals surface area contributed by atoms with Gasteiger partial charge in [-0.2, -0.15) is 0 Å². The number of nitrogens with one attached hydrogen (secondary N) is 2. The summed E-state index contributed by atoms with van der Waals surface area (Å²) >= 11 is 0. The number of hydrogen-bond donors (Lipinski definition) is 2. The van der Waals surface area contributed by atoms with Crippen molar-refractivity contribution in [3.8, 4) is 0 Å². The van der Waals surface area contributed by atoms with Crippen LogP contribution < -0.4 is 10.6 Å². The molecule has 6 nitrogen and oxygen atoms in total. The number of nitrogens with zero attached hydrogens (tertiary/aromatic N) is 2. The normalized spacial score (nSPS) is 11.2. The molecule has 0 aliphatic carbocycles. The third-order valence-corrected chi connectivity index (χ3v) is 2.70. The fourth-order valence-corrected chi connectivity index (χ4v) is 1.70. The molecule has 132 valence electrons. The highest BCUT2D eigenvalue weighted by Gasteiger charge is 2.01. The van der Waals surface area contributed by atoms with Crippen molar-refractivity contribution in [2.24, 2.45) is 10.9 Å². The van der Waals surface area contributed by atoms with Gasteiger partial charge in [-0.3, -0.25) is 0 Å². The molecule has 7 heteroatoms. The van der Waals surface area contributed by atoms with Gasteiger partial charge in [0.2, 0.25) is 0 Å². The molecular formula is C16H29IN4O2. The summed E-state index contributed by atoms with van der Waals surface area (Å²) in [7, 11) is 0. The highest BCUT2D eigenvalue weighted by Crippen LogP contribution is 2.02. The molecule has 0 radical (unpaired) electrons. The number of ether oxygens (including phenoxy) is 1. The van der Waals surface area contributed by atoms with E-state index in [-0.39, 0.29) is 24.0 Å². The summed E-state index contributed by atoms with van der Waals surface area (Å²) in [6, 6.07) is 1.88. The lowest BCUT2D eigenvalue weighted by atomic mass is 10.2. The number of halogens is 1. The lowest BCUT2D eigenvalue weighted by molar-refractivity contribution is 0.108. The Labute approximate surface area is 156 Å². The van der Waals surface area contributed by atoms with Gasteiger partial charge in [0.25, 0.3) is 0 Å². The maximum Gasteiger partial charge on any atom is 0.191 e. The molecule has 0 spiro atoms. The lowest BCUT2D eigenvalue weighted by Gasteiger charge is -2.11. The largest absolute Gasteiger partial charge is 0.381 e. The van der Waals surface area contributed by atoms with Gasteiger partial charge < -0.3 is 19.9 Å². The summed E-state index contributed by atoms with van der Waals surface area (Å²) in [6.07, 6.45) is 2.73. The highest BCUT2D eigenvalue weighted by atomic mass is 127. The van der Waals surface area contributed by atoms with E-state index in [9.17, 15) is 0 Å². The maximum absolute atomic E-state index is 5.55. The van der Waals surface area contributed by atoms with Crippen LogP contribution in [-0.2, 0) is 11.3 Å². The molecule has 0 unspecified atom stereocenters. The quantitative estimate of drug-likeness (QED) is 0.194. The molecule has 0 aromatic carbocycles. The van der Waals surface area contributed by atoms with Crippen LogP contribution in [0.1, 0.15) is 31.7 Å². The fourth-order valence-electron chi connectivity index (χ4n) is 1.70. The van der Waals surface area contributed by atoms with E-state index < -0.39 is 0 Å². The summed E-state index contributed by atoms with van der Waals surface area (Å²) in [6.45, 7) is 13.4. The van der Waals surface area contributed by atoms with Crippen LogP contribution in [0.15, 0.2) is 28.2 Å². The zero-order chi connectivity index (χ0) is 16.2. The topological polar surface area (TPSA) is 71.7 Å². The summed E-state index contributed by atoms with van der Waals surface area (Å²) < 4.78 is 10.6. The Morgan fingerprint density at radius 1 is 1.48 bits per heavy atom. The SMILES string of the molecule is C=CCNC(=NCc1cc(C)on1)NCCCOCC(C)C.I. The van der Waals surface area contributed by atoms with Crippen LogP contribution in [0, 0.1) is 12.8 Å². The van der Waals surface area contributed by atoms with Crippen molar-refractivity contribution >= 4 is 29.9 Å². The van der Waals surface area contributed by atoms with E-state index in [1.165, 1.54) is 0 Å². The predicted molar refractivity (Wildman–Crippen MR) is 104 cm³/mol. The Hall–Kier alpha value is -1.09. The zero-order valence-corrected chi connectivity index (χ0v) is 16.6. The van der Waals surface area contributed by atoms with Gasteiger partial charge in [-0.05, 0) is 19.3 Å². The second-order valence-corrected chi connectivity index (χ2v) is 5.51. The molecule has 1 aromatic heterocycles. The number of hydrogen-bond acceptors (Lipinski definition) is 4. The fraction of sp³-hybridized carbons (Fsp3) is 0.625. The van der Waals surface area contributed by atoms with Crippen molar-refractivity contribution in [3.05, 3.63) is 30.2 Å². The van der Waals surface area contributed by atoms with Gasteiger partial charge >= 0.3 is 0 Å². The number of aliphatic imine (C=N–C) groups is 1. The van der Waals surface area contributed by atoms with Gasteiger partial charge in [-0.25, -0.2) is 4.99 Å². The van der Waals surface area contributed by atoms with Gasteiger partial charge in [0.05, 0.1) is 6.54 Å². The highest BCUT2D eigenvalue weighted by molar-refractivity contribution is 14.0. The van der Waals surface area contributed by atoms with E-state index in [1.807, 2.05) is 13.0 Å². The van der Waals surface area contributed by atoms with Crippen LogP contribution in [0.25, 0.3) is 0 Å². The minimum atomic E-state index is 0. The minimum absolute atomic E-state index is 0. The molecular weight excluding hydrogens is 407 g/mol. The molecule has 0 saturated heterocycles. The van der Waals surface area contributed by atoms with E-state index in [1.54, 1.807) is 6.08 Å². The summed E-state index contributed by atoms with van der Waals surface area (Å²) in [4.78, 5) is 4.47. The molecule has 0 fully saturated rings. The molecule has 1 aromatic rings. The zero-order valence-electron chi connectivity index (χ0n) is 14.3. The van der Waals surface area contributed by atoms with Crippen molar-refractivity contribution in [2.45, 2.75) is 33.7 Å². The second kappa shape index (κ2) is 13.4. The van der Waals surface area contributed by atoms with Crippen LogP contribution in [0.2, 0.25) is 0 Å². The van der Waals surface area contributed by atoms with Crippen molar-refractivity contribution in [2.75, 3.05) is 26.3 Å². The summed E-state index contributed by atoms with van der Waals surface area (Å²) in [5.41, 5.74) is 0.817. The Bertz CT molecular complexity index is 461. The molecule has 1 heterocycles. The smallest absolute Gasteiger partial charge is 0.191 e.